The van der Waals surface area contributed by atoms with Gasteiger partial charge in [0.05, 0.1) is 0 Å². The molecule has 2 fully saturated rings. The first kappa shape index (κ1) is 13.4. The van der Waals surface area contributed by atoms with E-state index in [-0.39, 0.29) is 5.91 Å². The van der Waals surface area contributed by atoms with Gasteiger partial charge in [-0.15, -0.1) is 0 Å². The van der Waals surface area contributed by atoms with Crippen LogP contribution in [0.15, 0.2) is 0 Å². The molecule has 0 aromatic heterocycles. The predicted molar refractivity (Wildman–Crippen MR) is 74.2 cm³/mol. The zero-order valence-corrected chi connectivity index (χ0v) is 12.2. The number of alkyl halides is 1. The molecule has 0 radical (unpaired) electrons. The summed E-state index contributed by atoms with van der Waals surface area (Å²) in [5.41, 5.74) is 0. The Bertz CT molecular complexity index is 253. The Kier molecular flexibility index (Phi) is 5.33. The number of hydrogen-bond acceptors (Lipinski definition) is 1. The fourth-order valence-corrected chi connectivity index (χ4v) is 3.88. The smallest absolute Gasteiger partial charge is 0.220 e. The number of rotatable bonds is 5. The number of carbonyl (C=O) groups is 1. The quantitative estimate of drug-likeness (QED) is 0.774. The summed E-state index contributed by atoms with van der Waals surface area (Å²) in [6.45, 7) is 0.905. The van der Waals surface area contributed by atoms with Crippen LogP contribution in [0.2, 0.25) is 0 Å². The molecule has 0 aliphatic heterocycles. The highest BCUT2D eigenvalue weighted by Gasteiger charge is 2.25. The number of amides is 1. The van der Waals surface area contributed by atoms with Gasteiger partial charge in [-0.2, -0.15) is 0 Å². The average Bonchev–Trinajstić information content (AvgIpc) is 2.31. The summed E-state index contributed by atoms with van der Waals surface area (Å²) in [7, 11) is 0. The van der Waals surface area contributed by atoms with E-state index in [4.69, 9.17) is 0 Å². The first-order chi connectivity index (χ1) is 8.29. The van der Waals surface area contributed by atoms with Gasteiger partial charge in [0.25, 0.3) is 0 Å². The second-order valence-electron chi connectivity index (χ2n) is 5.76. The zero-order chi connectivity index (χ0) is 12.1. The summed E-state index contributed by atoms with van der Waals surface area (Å²) in [4.78, 5) is 11.8. The molecular formula is C14H24BrNO. The van der Waals surface area contributed by atoms with Crippen molar-refractivity contribution in [3.8, 4) is 0 Å². The maximum atomic E-state index is 11.8. The van der Waals surface area contributed by atoms with Crippen molar-refractivity contribution in [2.75, 3.05) is 11.9 Å². The van der Waals surface area contributed by atoms with Crippen molar-refractivity contribution in [3.63, 3.8) is 0 Å². The van der Waals surface area contributed by atoms with Crippen LogP contribution in [-0.4, -0.2) is 17.8 Å². The first-order valence-corrected chi connectivity index (χ1v) is 8.24. The maximum Gasteiger partial charge on any atom is 0.220 e. The van der Waals surface area contributed by atoms with E-state index in [1.807, 2.05) is 0 Å². The van der Waals surface area contributed by atoms with Gasteiger partial charge in [-0.25, -0.2) is 0 Å². The van der Waals surface area contributed by atoms with E-state index in [1.165, 1.54) is 44.9 Å². The molecule has 0 saturated heterocycles. The summed E-state index contributed by atoms with van der Waals surface area (Å²) in [6, 6.07) is 0. The van der Waals surface area contributed by atoms with Gasteiger partial charge < -0.3 is 5.32 Å². The lowest BCUT2D eigenvalue weighted by Crippen LogP contribution is -2.36. The van der Waals surface area contributed by atoms with Gasteiger partial charge in [0.15, 0.2) is 0 Å². The summed E-state index contributed by atoms with van der Waals surface area (Å²) >= 11 is 3.61. The Morgan fingerprint density at radius 2 is 1.76 bits per heavy atom. The first-order valence-electron chi connectivity index (χ1n) is 7.12. The minimum atomic E-state index is 0.286. The van der Waals surface area contributed by atoms with Crippen molar-refractivity contribution in [2.24, 2.45) is 17.8 Å². The Labute approximate surface area is 113 Å². The third-order valence-electron chi connectivity index (χ3n) is 4.52. The number of hydrogen-bond donors (Lipinski definition) is 1. The average molecular weight is 302 g/mol. The molecule has 0 aromatic rings. The Morgan fingerprint density at radius 1 is 1.06 bits per heavy atom. The standard InChI is InChI=1S/C14H24BrNO/c15-9-12-6-1-2-7-13(12)10-16-14(17)8-11-4-3-5-11/h11-13H,1-10H2,(H,16,17). The molecule has 0 bridgehead atoms. The van der Waals surface area contributed by atoms with Crippen LogP contribution in [0, 0.1) is 17.8 Å². The lowest BCUT2D eigenvalue weighted by Gasteiger charge is -2.31. The molecule has 98 valence electrons. The van der Waals surface area contributed by atoms with Crippen LogP contribution in [0.3, 0.4) is 0 Å². The molecule has 2 atom stereocenters. The molecule has 0 heterocycles. The van der Waals surface area contributed by atoms with Crippen molar-refractivity contribution in [3.05, 3.63) is 0 Å². The van der Waals surface area contributed by atoms with Gasteiger partial charge in [0.2, 0.25) is 5.91 Å². The SMILES string of the molecule is O=C(CC1CCC1)NCC1CCCCC1CBr. The van der Waals surface area contributed by atoms with E-state index in [9.17, 15) is 4.79 Å². The normalized spacial score (nSPS) is 29.7. The molecule has 2 nitrogen and oxygen atoms in total. The fourth-order valence-electron chi connectivity index (χ4n) is 3.03. The summed E-state index contributed by atoms with van der Waals surface area (Å²) < 4.78 is 0. The van der Waals surface area contributed by atoms with Gasteiger partial charge >= 0.3 is 0 Å². The van der Waals surface area contributed by atoms with E-state index in [2.05, 4.69) is 21.2 Å². The molecule has 2 rings (SSSR count). The molecule has 0 spiro atoms. The van der Waals surface area contributed by atoms with Crippen molar-refractivity contribution in [1.29, 1.82) is 0 Å². The maximum absolute atomic E-state index is 11.8. The number of carbonyl (C=O) groups excluding carboxylic acids is 1. The Hall–Kier alpha value is -0.0500. The monoisotopic (exact) mass is 301 g/mol. The second kappa shape index (κ2) is 6.77. The van der Waals surface area contributed by atoms with Crippen LogP contribution >= 0.6 is 15.9 Å². The molecule has 2 saturated carbocycles. The van der Waals surface area contributed by atoms with Crippen LogP contribution < -0.4 is 5.32 Å². The van der Waals surface area contributed by atoms with Gasteiger partial charge in [0.1, 0.15) is 0 Å². The van der Waals surface area contributed by atoms with E-state index in [1.54, 1.807) is 0 Å². The Balaban J connectivity index is 1.66. The lowest BCUT2D eigenvalue weighted by atomic mass is 9.80. The van der Waals surface area contributed by atoms with Gasteiger partial charge in [-0.3, -0.25) is 4.79 Å². The van der Waals surface area contributed by atoms with Gasteiger partial charge in [-0.1, -0.05) is 35.2 Å². The van der Waals surface area contributed by atoms with Crippen LogP contribution in [-0.2, 0) is 4.79 Å². The summed E-state index contributed by atoms with van der Waals surface area (Å²) in [6.07, 6.45) is 9.95. The predicted octanol–water partition coefficient (Wildman–Crippen LogP) is 3.49. The number of nitrogens with one attached hydrogen (secondary N) is 1. The van der Waals surface area contributed by atoms with Crippen molar-refractivity contribution >= 4 is 21.8 Å². The van der Waals surface area contributed by atoms with Gasteiger partial charge in [0, 0.05) is 18.3 Å². The lowest BCUT2D eigenvalue weighted by molar-refractivity contribution is -0.122. The van der Waals surface area contributed by atoms with E-state index < -0.39 is 0 Å². The molecule has 17 heavy (non-hydrogen) atoms. The minimum Gasteiger partial charge on any atom is -0.356 e. The summed E-state index contributed by atoms with van der Waals surface area (Å²) in [5, 5.41) is 4.25. The molecule has 1 amide bonds. The topological polar surface area (TPSA) is 29.1 Å². The highest BCUT2D eigenvalue weighted by atomic mass is 79.9. The highest BCUT2D eigenvalue weighted by molar-refractivity contribution is 9.09. The van der Waals surface area contributed by atoms with Crippen molar-refractivity contribution in [2.45, 2.75) is 51.4 Å². The molecular weight excluding hydrogens is 278 g/mol. The highest BCUT2D eigenvalue weighted by Crippen LogP contribution is 2.31. The second-order valence-corrected chi connectivity index (χ2v) is 6.41. The van der Waals surface area contributed by atoms with E-state index >= 15 is 0 Å². The van der Waals surface area contributed by atoms with Crippen LogP contribution in [0.4, 0.5) is 0 Å². The molecule has 1 N–H and O–H groups in total. The van der Waals surface area contributed by atoms with Crippen LogP contribution in [0.5, 0.6) is 0 Å². The van der Waals surface area contributed by atoms with Crippen molar-refractivity contribution in [1.82, 2.24) is 5.32 Å². The Morgan fingerprint density at radius 3 is 2.35 bits per heavy atom. The summed E-state index contributed by atoms with van der Waals surface area (Å²) in [5.74, 6) is 2.45. The third-order valence-corrected chi connectivity index (χ3v) is 5.36. The molecule has 2 aliphatic rings. The molecule has 2 aliphatic carbocycles. The molecule has 3 heteroatoms. The fraction of sp³-hybridized carbons (Fsp3) is 0.929. The van der Waals surface area contributed by atoms with E-state index in [0.29, 0.717) is 11.8 Å². The zero-order valence-electron chi connectivity index (χ0n) is 10.6. The molecule has 0 aromatic carbocycles. The van der Waals surface area contributed by atoms with Crippen molar-refractivity contribution < 1.29 is 4.79 Å². The van der Waals surface area contributed by atoms with Gasteiger partial charge in [-0.05, 0) is 43.4 Å². The minimum absolute atomic E-state index is 0.286. The van der Waals surface area contributed by atoms with Crippen LogP contribution in [0.1, 0.15) is 51.4 Å². The number of halogens is 1. The van der Waals surface area contributed by atoms with E-state index in [0.717, 1.165) is 24.2 Å². The third kappa shape index (κ3) is 3.97. The largest absolute Gasteiger partial charge is 0.356 e. The molecule has 2 unspecified atom stereocenters. The van der Waals surface area contributed by atoms with Crippen LogP contribution in [0.25, 0.3) is 0 Å².